The van der Waals surface area contributed by atoms with E-state index in [4.69, 9.17) is 10.9 Å². The number of carbonyl (C=O) groups excluding carboxylic acids is 1. The third kappa shape index (κ3) is 2.71. The molecule has 4 N–H and O–H groups in total. The number of amides is 1. The largest absolute Gasteiger partial charge is 0.409 e. The molecular weight excluding hydrogens is 224 g/mol. The molecule has 0 radical (unpaired) electrons. The van der Waals surface area contributed by atoms with Crippen LogP contribution in [0.4, 0.5) is 0 Å². The van der Waals surface area contributed by atoms with Gasteiger partial charge in [0.25, 0.3) is 5.91 Å². The summed E-state index contributed by atoms with van der Waals surface area (Å²) < 4.78 is 0. The van der Waals surface area contributed by atoms with Crippen LogP contribution in [0.1, 0.15) is 30.8 Å². The zero-order chi connectivity index (χ0) is 13.1. The zero-order valence-electron chi connectivity index (χ0n) is 10.0. The molecular formula is C9H16N6O2. The van der Waals surface area contributed by atoms with Crippen LogP contribution in [-0.4, -0.2) is 37.5 Å². The molecule has 0 saturated heterocycles. The highest BCUT2D eigenvalue weighted by Gasteiger charge is 2.30. The van der Waals surface area contributed by atoms with Gasteiger partial charge >= 0.3 is 0 Å². The molecule has 0 aromatic carbocycles. The van der Waals surface area contributed by atoms with Crippen LogP contribution in [0, 0.1) is 0 Å². The van der Waals surface area contributed by atoms with Crippen LogP contribution in [0.2, 0.25) is 0 Å². The first-order chi connectivity index (χ1) is 7.92. The monoisotopic (exact) mass is 240 g/mol. The van der Waals surface area contributed by atoms with Crippen molar-refractivity contribution in [3.05, 3.63) is 11.9 Å². The van der Waals surface area contributed by atoms with E-state index < -0.39 is 11.4 Å². The topological polar surface area (TPSA) is 118 Å². The summed E-state index contributed by atoms with van der Waals surface area (Å²) >= 11 is 0. The first-order valence-corrected chi connectivity index (χ1v) is 5.09. The van der Waals surface area contributed by atoms with Gasteiger partial charge in [0.05, 0.1) is 11.7 Å². The van der Waals surface area contributed by atoms with Crippen molar-refractivity contribution in [1.29, 1.82) is 0 Å². The lowest BCUT2D eigenvalue weighted by molar-refractivity contribution is 0.0919. The Bertz CT molecular complexity index is 440. The number of nitrogens with zero attached hydrogens (tertiary/aromatic N) is 4. The number of nitrogens with one attached hydrogen (secondary N) is 1. The lowest BCUT2D eigenvalue weighted by Crippen LogP contribution is -2.55. The minimum atomic E-state index is -0.913. The van der Waals surface area contributed by atoms with Crippen molar-refractivity contribution >= 4 is 11.7 Å². The summed E-state index contributed by atoms with van der Waals surface area (Å²) in [6.45, 7) is 3.48. The summed E-state index contributed by atoms with van der Waals surface area (Å²) in [6, 6.07) is 0. The number of rotatable bonds is 4. The van der Waals surface area contributed by atoms with E-state index in [9.17, 15) is 4.79 Å². The van der Waals surface area contributed by atoms with Gasteiger partial charge in [-0.1, -0.05) is 12.1 Å². The first kappa shape index (κ1) is 12.9. The molecule has 0 aliphatic heterocycles. The summed E-state index contributed by atoms with van der Waals surface area (Å²) in [6.07, 6.45) is 1.83. The van der Waals surface area contributed by atoms with Gasteiger partial charge in [-0.2, -0.15) is 9.90 Å². The second-order valence-corrected chi connectivity index (χ2v) is 3.84. The smallest absolute Gasteiger partial charge is 0.274 e. The number of carbonyl (C=O) groups is 1. The molecule has 0 saturated carbocycles. The van der Waals surface area contributed by atoms with Crippen molar-refractivity contribution in [2.75, 3.05) is 0 Å². The van der Waals surface area contributed by atoms with Gasteiger partial charge in [-0.25, -0.2) is 0 Å². The average molecular weight is 240 g/mol. The molecule has 1 amide bonds. The molecule has 1 rings (SSSR count). The van der Waals surface area contributed by atoms with Crippen LogP contribution in [0.15, 0.2) is 11.4 Å². The van der Waals surface area contributed by atoms with Crippen LogP contribution in [0.25, 0.3) is 0 Å². The fourth-order valence-electron chi connectivity index (χ4n) is 1.21. The number of nitrogens with two attached hydrogens (primary N) is 1. The third-order valence-corrected chi connectivity index (χ3v) is 2.60. The molecule has 1 unspecified atom stereocenters. The fraction of sp³-hybridized carbons (Fsp3) is 0.556. The molecule has 0 fully saturated rings. The molecule has 17 heavy (non-hydrogen) atoms. The highest BCUT2D eigenvalue weighted by Crippen LogP contribution is 2.10. The number of amidine groups is 1. The van der Waals surface area contributed by atoms with Crippen molar-refractivity contribution in [3.63, 3.8) is 0 Å². The average Bonchev–Trinajstić information content (AvgIpc) is 2.74. The molecule has 94 valence electrons. The van der Waals surface area contributed by atoms with E-state index in [1.165, 1.54) is 11.0 Å². The summed E-state index contributed by atoms with van der Waals surface area (Å²) in [7, 11) is 1.61. The van der Waals surface area contributed by atoms with Crippen molar-refractivity contribution in [3.8, 4) is 0 Å². The minimum Gasteiger partial charge on any atom is -0.409 e. The maximum atomic E-state index is 11.8. The normalized spacial score (nSPS) is 15.4. The molecule has 0 spiro atoms. The summed E-state index contributed by atoms with van der Waals surface area (Å²) in [5, 5.41) is 21.9. The van der Waals surface area contributed by atoms with Gasteiger partial charge in [0.15, 0.2) is 11.5 Å². The Labute approximate surface area is 98.5 Å². The van der Waals surface area contributed by atoms with Crippen LogP contribution in [-0.2, 0) is 7.05 Å². The van der Waals surface area contributed by atoms with Crippen molar-refractivity contribution < 1.29 is 10.0 Å². The summed E-state index contributed by atoms with van der Waals surface area (Å²) in [5.74, 6) is -0.480. The van der Waals surface area contributed by atoms with Crippen molar-refractivity contribution in [1.82, 2.24) is 20.3 Å². The lowest BCUT2D eigenvalue weighted by atomic mass is 9.97. The maximum Gasteiger partial charge on any atom is 0.274 e. The second kappa shape index (κ2) is 4.81. The van der Waals surface area contributed by atoms with E-state index in [1.807, 2.05) is 6.92 Å². The molecule has 8 heteroatoms. The number of hydrogen-bond donors (Lipinski definition) is 3. The molecule has 0 aliphatic rings. The van der Waals surface area contributed by atoms with Crippen LogP contribution in [0.3, 0.4) is 0 Å². The minimum absolute atomic E-state index is 0.0581. The SMILES string of the molecule is CCC(C)(NC(=O)c1cnn(C)n1)C(N)=NO. The van der Waals surface area contributed by atoms with Gasteiger partial charge in [-0.3, -0.25) is 4.79 Å². The standard InChI is InChI=1S/C9H16N6O2/c1-4-9(2,8(10)14-17)12-7(16)6-5-11-15(3)13-6/h5,17H,4H2,1-3H3,(H2,10,14)(H,12,16). The Morgan fingerprint density at radius 3 is 2.82 bits per heavy atom. The first-order valence-electron chi connectivity index (χ1n) is 5.09. The number of hydrogen-bond acceptors (Lipinski definition) is 5. The van der Waals surface area contributed by atoms with Gasteiger partial charge in [-0.15, -0.1) is 5.10 Å². The van der Waals surface area contributed by atoms with Gasteiger partial charge in [0.2, 0.25) is 0 Å². The van der Waals surface area contributed by atoms with Crippen LogP contribution in [0.5, 0.6) is 0 Å². The molecule has 1 atom stereocenters. The zero-order valence-corrected chi connectivity index (χ0v) is 10.0. The van der Waals surface area contributed by atoms with Crippen LogP contribution < -0.4 is 11.1 Å². The van der Waals surface area contributed by atoms with Gasteiger partial charge < -0.3 is 16.3 Å². The lowest BCUT2D eigenvalue weighted by Gasteiger charge is -2.27. The van der Waals surface area contributed by atoms with Crippen molar-refractivity contribution in [2.45, 2.75) is 25.8 Å². The number of oxime groups is 1. The molecule has 8 nitrogen and oxygen atoms in total. The van der Waals surface area contributed by atoms with E-state index in [0.29, 0.717) is 6.42 Å². The molecule has 1 heterocycles. The molecule has 0 bridgehead atoms. The van der Waals surface area contributed by atoms with E-state index in [0.717, 1.165) is 0 Å². The predicted molar refractivity (Wildman–Crippen MR) is 60.6 cm³/mol. The third-order valence-electron chi connectivity index (χ3n) is 2.60. The molecule has 1 aromatic heterocycles. The second-order valence-electron chi connectivity index (χ2n) is 3.84. The van der Waals surface area contributed by atoms with E-state index in [2.05, 4.69) is 20.7 Å². The van der Waals surface area contributed by atoms with Crippen LogP contribution >= 0.6 is 0 Å². The molecule has 0 aliphatic carbocycles. The maximum absolute atomic E-state index is 11.8. The Kier molecular flexibility index (Phi) is 3.66. The highest BCUT2D eigenvalue weighted by atomic mass is 16.4. The Hall–Kier alpha value is -2.12. The summed E-state index contributed by atoms with van der Waals surface area (Å²) in [5.41, 5.74) is 4.80. The number of aromatic nitrogens is 3. The number of aryl methyl sites for hydroxylation is 1. The van der Waals surface area contributed by atoms with Crippen molar-refractivity contribution in [2.24, 2.45) is 17.9 Å². The predicted octanol–water partition coefficient (Wildman–Crippen LogP) is -0.540. The van der Waals surface area contributed by atoms with E-state index >= 15 is 0 Å². The Morgan fingerprint density at radius 2 is 2.41 bits per heavy atom. The van der Waals surface area contributed by atoms with E-state index in [-0.39, 0.29) is 11.5 Å². The van der Waals surface area contributed by atoms with Gasteiger partial charge in [0, 0.05) is 7.05 Å². The Morgan fingerprint density at radius 1 is 1.76 bits per heavy atom. The summed E-state index contributed by atoms with van der Waals surface area (Å²) in [4.78, 5) is 13.1. The van der Waals surface area contributed by atoms with Gasteiger partial charge in [0.1, 0.15) is 0 Å². The molecule has 1 aromatic rings. The van der Waals surface area contributed by atoms with E-state index in [1.54, 1.807) is 14.0 Å². The highest BCUT2D eigenvalue weighted by molar-refractivity contribution is 5.98. The Balaban J connectivity index is 2.86. The quantitative estimate of drug-likeness (QED) is 0.283. The van der Waals surface area contributed by atoms with Gasteiger partial charge in [-0.05, 0) is 13.3 Å². The fourth-order valence-corrected chi connectivity index (χ4v) is 1.21.